The van der Waals surface area contributed by atoms with Gasteiger partial charge in [-0.2, -0.15) is 0 Å². The van der Waals surface area contributed by atoms with Crippen LogP contribution in [0, 0.1) is 0 Å². The molecule has 60 heavy (non-hydrogen) atoms. The van der Waals surface area contributed by atoms with E-state index in [2.05, 4.69) is 146 Å². The van der Waals surface area contributed by atoms with Gasteiger partial charge in [-0.15, -0.1) is 0 Å². The minimum atomic E-state index is 0.573. The first kappa shape index (κ1) is 33.9. The summed E-state index contributed by atoms with van der Waals surface area (Å²) in [6, 6.07) is 69.3. The fourth-order valence-corrected chi connectivity index (χ4v) is 8.55. The van der Waals surface area contributed by atoms with Gasteiger partial charge < -0.3 is 8.83 Å². The third kappa shape index (κ3) is 5.75. The Morgan fingerprint density at radius 2 is 0.767 bits per heavy atom. The van der Waals surface area contributed by atoms with Crippen molar-refractivity contribution in [3.8, 4) is 67.5 Å². The number of para-hydroxylation sites is 1. The molecule has 0 aliphatic heterocycles. The van der Waals surface area contributed by atoms with E-state index in [1.807, 2.05) is 54.6 Å². The average molecular weight is 768 g/mol. The maximum Gasteiger partial charge on any atom is 0.164 e. The summed E-state index contributed by atoms with van der Waals surface area (Å²) in [5, 5.41) is 6.50. The van der Waals surface area contributed by atoms with Crippen LogP contribution >= 0.6 is 0 Å². The highest BCUT2D eigenvalue weighted by Crippen LogP contribution is 2.43. The quantitative estimate of drug-likeness (QED) is 0.169. The molecule has 0 saturated heterocycles. The summed E-state index contributed by atoms with van der Waals surface area (Å²) in [4.78, 5) is 15.6. The van der Waals surface area contributed by atoms with Crippen LogP contribution in [0.1, 0.15) is 0 Å². The molecule has 0 unspecified atom stereocenters. The van der Waals surface area contributed by atoms with Crippen molar-refractivity contribution >= 4 is 54.6 Å². The van der Waals surface area contributed by atoms with E-state index >= 15 is 0 Å². The molecule has 0 bridgehead atoms. The van der Waals surface area contributed by atoms with Gasteiger partial charge in [0.1, 0.15) is 22.3 Å². The van der Waals surface area contributed by atoms with Gasteiger partial charge in [0.15, 0.2) is 17.5 Å². The standard InChI is InChI=1S/C55H33N3O2/c1-3-11-34(12-4-1)35-23-25-40(26-24-35)54-56-53(39-14-5-2-6-15-39)57-55(58-54)46-31-42(33-50-52(46)51-43-16-8-7-13-38(43)28-30-48(51)60-50)37-21-19-36(20-22-37)41-27-29-45-44-17-9-10-18-47(44)59-49(45)32-41/h1-33H. The molecule has 9 aromatic carbocycles. The van der Waals surface area contributed by atoms with Gasteiger partial charge in [0.05, 0.1) is 0 Å². The smallest absolute Gasteiger partial charge is 0.164 e. The zero-order valence-corrected chi connectivity index (χ0v) is 32.2. The first-order chi connectivity index (χ1) is 29.7. The molecule has 0 spiro atoms. The van der Waals surface area contributed by atoms with E-state index in [0.29, 0.717) is 17.5 Å². The van der Waals surface area contributed by atoms with Crippen molar-refractivity contribution in [1.82, 2.24) is 15.0 Å². The molecule has 0 atom stereocenters. The number of furan rings is 2. The molecule has 0 fully saturated rings. The summed E-state index contributed by atoms with van der Waals surface area (Å²) in [7, 11) is 0. The molecule has 0 radical (unpaired) electrons. The maximum atomic E-state index is 6.75. The Labute approximate surface area is 344 Å². The average Bonchev–Trinajstić information content (AvgIpc) is 3.90. The van der Waals surface area contributed by atoms with Crippen LogP contribution in [0.3, 0.4) is 0 Å². The first-order valence-electron chi connectivity index (χ1n) is 20.1. The summed E-state index contributed by atoms with van der Waals surface area (Å²) in [5.41, 5.74) is 12.6. The highest BCUT2D eigenvalue weighted by atomic mass is 16.3. The minimum Gasteiger partial charge on any atom is -0.456 e. The van der Waals surface area contributed by atoms with Gasteiger partial charge in [0, 0.05) is 38.2 Å². The first-order valence-corrected chi connectivity index (χ1v) is 20.1. The Morgan fingerprint density at radius 3 is 1.52 bits per heavy atom. The Kier molecular flexibility index (Phi) is 7.78. The number of aromatic nitrogens is 3. The second-order valence-corrected chi connectivity index (χ2v) is 15.2. The molecule has 3 heterocycles. The van der Waals surface area contributed by atoms with Gasteiger partial charge in [-0.1, -0.05) is 164 Å². The molecule has 5 nitrogen and oxygen atoms in total. The van der Waals surface area contributed by atoms with Crippen molar-refractivity contribution in [2.45, 2.75) is 0 Å². The van der Waals surface area contributed by atoms with Crippen LogP contribution in [0.5, 0.6) is 0 Å². The van der Waals surface area contributed by atoms with E-state index in [1.165, 1.54) is 0 Å². The van der Waals surface area contributed by atoms with Gasteiger partial charge >= 0.3 is 0 Å². The van der Waals surface area contributed by atoms with Gasteiger partial charge in [0.2, 0.25) is 0 Å². The molecule has 0 amide bonds. The second kappa shape index (κ2) is 13.8. The van der Waals surface area contributed by atoms with Crippen LogP contribution in [0.15, 0.2) is 209 Å². The predicted octanol–water partition coefficient (Wildman–Crippen LogP) is 14.8. The summed E-state index contributed by atoms with van der Waals surface area (Å²) in [5.74, 6) is 1.77. The van der Waals surface area contributed by atoms with Crippen LogP contribution in [0.2, 0.25) is 0 Å². The van der Waals surface area contributed by atoms with Crippen molar-refractivity contribution in [2.75, 3.05) is 0 Å². The fourth-order valence-electron chi connectivity index (χ4n) is 8.55. The van der Waals surface area contributed by atoms with Gasteiger partial charge in [-0.05, 0) is 80.6 Å². The molecule has 12 aromatic rings. The predicted molar refractivity (Wildman–Crippen MR) is 245 cm³/mol. The Balaban J connectivity index is 1.04. The molecule has 0 aliphatic carbocycles. The molecule has 0 saturated carbocycles. The third-order valence-corrected chi connectivity index (χ3v) is 11.6. The van der Waals surface area contributed by atoms with Crippen molar-refractivity contribution in [3.63, 3.8) is 0 Å². The lowest BCUT2D eigenvalue weighted by atomic mass is 9.95. The van der Waals surface area contributed by atoms with Crippen molar-refractivity contribution in [3.05, 3.63) is 200 Å². The van der Waals surface area contributed by atoms with Crippen LogP contribution in [-0.4, -0.2) is 15.0 Å². The molecule has 5 heteroatoms. The second-order valence-electron chi connectivity index (χ2n) is 15.2. The number of nitrogens with zero attached hydrogens (tertiary/aromatic N) is 3. The van der Waals surface area contributed by atoms with Gasteiger partial charge in [0.25, 0.3) is 0 Å². The lowest BCUT2D eigenvalue weighted by Crippen LogP contribution is -2.00. The topological polar surface area (TPSA) is 65.0 Å². The van der Waals surface area contributed by atoms with E-state index in [0.717, 1.165) is 105 Å². The van der Waals surface area contributed by atoms with E-state index in [9.17, 15) is 0 Å². The SMILES string of the molecule is c1ccc(-c2ccc(-c3nc(-c4ccccc4)nc(-c4cc(-c5ccc(-c6ccc7c(c6)oc6ccccc67)cc5)cc5oc6ccc7ccccc7c6c45)n3)cc2)cc1. The van der Waals surface area contributed by atoms with E-state index in [1.54, 1.807) is 0 Å². The number of fused-ring (bicyclic) bond motifs is 8. The summed E-state index contributed by atoms with van der Waals surface area (Å²) >= 11 is 0. The minimum absolute atomic E-state index is 0.573. The van der Waals surface area contributed by atoms with Crippen LogP contribution in [-0.2, 0) is 0 Å². The highest BCUT2D eigenvalue weighted by Gasteiger charge is 2.21. The van der Waals surface area contributed by atoms with E-state index in [-0.39, 0.29) is 0 Å². The van der Waals surface area contributed by atoms with Gasteiger partial charge in [-0.3, -0.25) is 0 Å². The molecular weight excluding hydrogens is 735 g/mol. The summed E-state index contributed by atoms with van der Waals surface area (Å²) in [6.45, 7) is 0. The highest BCUT2D eigenvalue weighted by molar-refractivity contribution is 6.23. The molecule has 12 rings (SSSR count). The van der Waals surface area contributed by atoms with Crippen LogP contribution in [0.4, 0.5) is 0 Å². The zero-order chi connectivity index (χ0) is 39.6. The summed E-state index contributed by atoms with van der Waals surface area (Å²) < 4.78 is 13.0. The lowest BCUT2D eigenvalue weighted by Gasteiger charge is -2.12. The number of rotatable bonds is 6. The fraction of sp³-hybridized carbons (Fsp3) is 0. The lowest BCUT2D eigenvalue weighted by molar-refractivity contribution is 0.669. The maximum absolute atomic E-state index is 6.75. The van der Waals surface area contributed by atoms with E-state index < -0.39 is 0 Å². The molecule has 0 N–H and O–H groups in total. The zero-order valence-electron chi connectivity index (χ0n) is 32.2. The number of hydrogen-bond acceptors (Lipinski definition) is 5. The normalized spacial score (nSPS) is 11.7. The largest absolute Gasteiger partial charge is 0.456 e. The monoisotopic (exact) mass is 767 g/mol. The van der Waals surface area contributed by atoms with Crippen molar-refractivity contribution in [2.24, 2.45) is 0 Å². The van der Waals surface area contributed by atoms with Crippen LogP contribution in [0.25, 0.3) is 122 Å². The van der Waals surface area contributed by atoms with Gasteiger partial charge in [-0.25, -0.2) is 15.0 Å². The van der Waals surface area contributed by atoms with Crippen LogP contribution < -0.4 is 0 Å². The van der Waals surface area contributed by atoms with E-state index in [4.69, 9.17) is 23.8 Å². The van der Waals surface area contributed by atoms with Crippen molar-refractivity contribution < 1.29 is 8.83 Å². The summed E-state index contributed by atoms with van der Waals surface area (Å²) in [6.07, 6.45) is 0. The molecule has 280 valence electrons. The number of benzene rings is 9. The molecular formula is C55H33N3O2. The third-order valence-electron chi connectivity index (χ3n) is 11.6. The Morgan fingerprint density at radius 1 is 0.267 bits per heavy atom. The van der Waals surface area contributed by atoms with Crippen molar-refractivity contribution in [1.29, 1.82) is 0 Å². The molecule has 0 aliphatic rings. The Bertz CT molecular complexity index is 3570. The number of hydrogen-bond donors (Lipinski definition) is 0. The molecule has 3 aromatic heterocycles. The Hall–Kier alpha value is -8.15.